The number of hydrogen-bond acceptors (Lipinski definition) is 4. The smallest absolute Gasteiger partial charge is 0.264 e. The second kappa shape index (κ2) is 5.96. The molecule has 1 aliphatic carbocycles. The number of carbonyl (C=O) groups excluding carboxylic acids is 2. The number of nitrogens with zero attached hydrogens (tertiary/aromatic N) is 1. The fourth-order valence-corrected chi connectivity index (χ4v) is 3.25. The van der Waals surface area contributed by atoms with Crippen LogP contribution >= 0.6 is 0 Å². The Balaban J connectivity index is 1.76. The zero-order chi connectivity index (χ0) is 15.7. The third kappa shape index (κ3) is 2.66. The minimum absolute atomic E-state index is 0.0126. The molecule has 1 heterocycles. The number of nitrogens with two attached hydrogens (primary N) is 1. The van der Waals surface area contributed by atoms with Crippen LogP contribution in [-0.4, -0.2) is 32.0 Å². The molecule has 1 fully saturated rings. The van der Waals surface area contributed by atoms with Gasteiger partial charge in [0.15, 0.2) is 6.61 Å². The first kappa shape index (κ1) is 14.8. The Morgan fingerprint density at radius 2 is 2.27 bits per heavy atom. The van der Waals surface area contributed by atoms with E-state index in [0.717, 1.165) is 19.3 Å². The summed E-state index contributed by atoms with van der Waals surface area (Å²) in [7, 11) is 1.71. The van der Waals surface area contributed by atoms with Gasteiger partial charge in [0, 0.05) is 18.7 Å². The summed E-state index contributed by atoms with van der Waals surface area (Å²) in [5.74, 6) is 0.816. The van der Waals surface area contributed by atoms with Crippen molar-refractivity contribution in [3.05, 3.63) is 18.2 Å². The number of anilines is 2. The molecular formula is C16H21N3O3. The normalized spacial score (nSPS) is 23.9. The van der Waals surface area contributed by atoms with Gasteiger partial charge in [0.1, 0.15) is 5.75 Å². The molecule has 2 atom stereocenters. The molecule has 3 N–H and O–H groups in total. The maximum atomic E-state index is 12.4. The Labute approximate surface area is 129 Å². The molecule has 6 nitrogen and oxygen atoms in total. The van der Waals surface area contributed by atoms with Gasteiger partial charge in [0.05, 0.1) is 5.69 Å². The molecular weight excluding hydrogens is 282 g/mol. The number of ether oxygens (including phenoxy) is 1. The first-order valence-electron chi connectivity index (χ1n) is 7.64. The summed E-state index contributed by atoms with van der Waals surface area (Å²) >= 11 is 0. The average molecular weight is 303 g/mol. The molecule has 118 valence electrons. The van der Waals surface area contributed by atoms with Crippen LogP contribution in [0.2, 0.25) is 0 Å². The summed E-state index contributed by atoms with van der Waals surface area (Å²) in [6.45, 7) is 0.600. The van der Waals surface area contributed by atoms with Crippen LogP contribution in [0.15, 0.2) is 18.2 Å². The molecule has 0 radical (unpaired) electrons. The molecule has 0 aromatic heterocycles. The molecule has 1 saturated carbocycles. The summed E-state index contributed by atoms with van der Waals surface area (Å²) in [4.78, 5) is 25.6. The van der Waals surface area contributed by atoms with Gasteiger partial charge < -0.3 is 20.7 Å². The van der Waals surface area contributed by atoms with E-state index >= 15 is 0 Å². The van der Waals surface area contributed by atoms with Crippen LogP contribution in [-0.2, 0) is 9.59 Å². The summed E-state index contributed by atoms with van der Waals surface area (Å²) in [6.07, 6.45) is 2.96. The van der Waals surface area contributed by atoms with Gasteiger partial charge in [0.2, 0.25) is 5.91 Å². The molecule has 22 heavy (non-hydrogen) atoms. The van der Waals surface area contributed by atoms with Crippen molar-refractivity contribution >= 4 is 23.2 Å². The summed E-state index contributed by atoms with van der Waals surface area (Å²) in [5, 5.41) is 2.95. The highest BCUT2D eigenvalue weighted by Gasteiger charge is 2.32. The van der Waals surface area contributed by atoms with E-state index in [1.165, 1.54) is 0 Å². The topological polar surface area (TPSA) is 84.7 Å². The number of carbonyl (C=O) groups is 2. The number of benzene rings is 1. The molecule has 1 aromatic carbocycles. The van der Waals surface area contributed by atoms with Gasteiger partial charge in [-0.25, -0.2) is 0 Å². The van der Waals surface area contributed by atoms with Crippen molar-refractivity contribution < 1.29 is 14.3 Å². The monoisotopic (exact) mass is 303 g/mol. The molecule has 6 heteroatoms. The van der Waals surface area contributed by atoms with E-state index in [1.54, 1.807) is 30.1 Å². The minimum Gasteiger partial charge on any atom is -0.482 e. The van der Waals surface area contributed by atoms with Crippen molar-refractivity contribution in [1.82, 2.24) is 0 Å². The number of hydrogen-bond donors (Lipinski definition) is 2. The number of nitrogens with one attached hydrogen (secondary N) is 1. The Morgan fingerprint density at radius 1 is 1.45 bits per heavy atom. The summed E-state index contributed by atoms with van der Waals surface area (Å²) < 4.78 is 5.38. The first-order chi connectivity index (χ1) is 10.6. The predicted molar refractivity (Wildman–Crippen MR) is 83.9 cm³/mol. The lowest BCUT2D eigenvalue weighted by molar-refractivity contribution is -0.121. The molecule has 3 rings (SSSR count). The van der Waals surface area contributed by atoms with Crippen LogP contribution in [0.25, 0.3) is 0 Å². The van der Waals surface area contributed by atoms with Crippen molar-refractivity contribution in [1.29, 1.82) is 0 Å². The molecule has 0 spiro atoms. The van der Waals surface area contributed by atoms with Crippen molar-refractivity contribution in [2.75, 3.05) is 30.4 Å². The zero-order valence-corrected chi connectivity index (χ0v) is 12.7. The largest absolute Gasteiger partial charge is 0.482 e. The molecule has 1 aliphatic heterocycles. The van der Waals surface area contributed by atoms with Crippen LogP contribution in [0.5, 0.6) is 5.75 Å². The lowest BCUT2D eigenvalue weighted by Crippen LogP contribution is -2.35. The van der Waals surface area contributed by atoms with Crippen LogP contribution < -0.4 is 20.7 Å². The second-order valence-electron chi connectivity index (χ2n) is 5.95. The third-order valence-corrected chi connectivity index (χ3v) is 4.61. The Hall–Kier alpha value is -2.08. The van der Waals surface area contributed by atoms with E-state index in [1.807, 2.05) is 0 Å². The van der Waals surface area contributed by atoms with Crippen LogP contribution in [0.3, 0.4) is 0 Å². The quantitative estimate of drug-likeness (QED) is 0.883. The summed E-state index contributed by atoms with van der Waals surface area (Å²) in [6, 6.07) is 5.35. The fourth-order valence-electron chi connectivity index (χ4n) is 3.25. The zero-order valence-electron chi connectivity index (χ0n) is 12.7. The van der Waals surface area contributed by atoms with Crippen molar-refractivity contribution in [3.8, 4) is 5.75 Å². The molecule has 2 aliphatic rings. The van der Waals surface area contributed by atoms with Gasteiger partial charge in [-0.15, -0.1) is 0 Å². The van der Waals surface area contributed by atoms with E-state index in [-0.39, 0.29) is 30.3 Å². The highest BCUT2D eigenvalue weighted by molar-refractivity contribution is 5.99. The van der Waals surface area contributed by atoms with Gasteiger partial charge in [-0.05, 0) is 43.5 Å². The highest BCUT2D eigenvalue weighted by atomic mass is 16.5. The van der Waals surface area contributed by atoms with Gasteiger partial charge in [-0.3, -0.25) is 9.59 Å². The lowest BCUT2D eigenvalue weighted by Gasteiger charge is -2.26. The molecule has 2 amide bonds. The van der Waals surface area contributed by atoms with Crippen LogP contribution in [0.4, 0.5) is 11.4 Å². The van der Waals surface area contributed by atoms with E-state index in [0.29, 0.717) is 23.7 Å². The summed E-state index contributed by atoms with van der Waals surface area (Å²) in [5.41, 5.74) is 7.09. The SMILES string of the molecule is CN1C(=O)COc2ccc(NC(=O)[C@@H]3CCC[C@@H]3CN)cc21. The third-order valence-electron chi connectivity index (χ3n) is 4.61. The van der Waals surface area contributed by atoms with Crippen molar-refractivity contribution in [3.63, 3.8) is 0 Å². The maximum absolute atomic E-state index is 12.4. The Morgan fingerprint density at radius 3 is 3.05 bits per heavy atom. The van der Waals surface area contributed by atoms with Crippen LogP contribution in [0.1, 0.15) is 19.3 Å². The van der Waals surface area contributed by atoms with Gasteiger partial charge >= 0.3 is 0 Å². The van der Waals surface area contributed by atoms with Crippen molar-refractivity contribution in [2.45, 2.75) is 19.3 Å². The Bertz CT molecular complexity index is 602. The number of amides is 2. The van der Waals surface area contributed by atoms with E-state index in [4.69, 9.17) is 10.5 Å². The maximum Gasteiger partial charge on any atom is 0.264 e. The first-order valence-corrected chi connectivity index (χ1v) is 7.64. The number of fused-ring (bicyclic) bond motifs is 1. The Kier molecular flexibility index (Phi) is 4.02. The number of rotatable bonds is 3. The van der Waals surface area contributed by atoms with E-state index in [2.05, 4.69) is 5.32 Å². The van der Waals surface area contributed by atoms with Crippen molar-refractivity contribution in [2.24, 2.45) is 17.6 Å². The van der Waals surface area contributed by atoms with E-state index < -0.39 is 0 Å². The molecule has 0 unspecified atom stereocenters. The number of likely N-dealkylation sites (N-methyl/N-ethyl adjacent to an activating group) is 1. The average Bonchev–Trinajstić information content (AvgIpc) is 3.00. The van der Waals surface area contributed by atoms with Gasteiger partial charge in [-0.1, -0.05) is 6.42 Å². The van der Waals surface area contributed by atoms with Gasteiger partial charge in [0.25, 0.3) is 5.91 Å². The van der Waals surface area contributed by atoms with E-state index in [9.17, 15) is 9.59 Å². The second-order valence-corrected chi connectivity index (χ2v) is 5.95. The minimum atomic E-state index is -0.102. The fraction of sp³-hybridized carbons (Fsp3) is 0.500. The lowest BCUT2D eigenvalue weighted by atomic mass is 9.95. The highest BCUT2D eigenvalue weighted by Crippen LogP contribution is 2.35. The molecule has 0 bridgehead atoms. The molecule has 0 saturated heterocycles. The van der Waals surface area contributed by atoms with Crippen LogP contribution in [0, 0.1) is 11.8 Å². The predicted octanol–water partition coefficient (Wildman–Crippen LogP) is 1.36. The standard InChI is InChI=1S/C16H21N3O3/c1-19-13-7-11(5-6-14(13)22-9-15(19)20)18-16(21)12-4-2-3-10(12)8-17/h5-7,10,12H,2-4,8-9,17H2,1H3,(H,18,21)/t10-,12-/m1/s1. The molecule has 1 aromatic rings. The van der Waals surface area contributed by atoms with Gasteiger partial charge in [-0.2, -0.15) is 0 Å².